The molecule has 1 heteroatoms. The van der Waals surface area contributed by atoms with Crippen molar-refractivity contribution in [2.75, 3.05) is 0 Å². The summed E-state index contributed by atoms with van der Waals surface area (Å²) in [6.07, 6.45) is 9.56. The van der Waals surface area contributed by atoms with Crippen molar-refractivity contribution < 1.29 is 4.42 Å². The standard InChI is InChI=1S/C16H19O/c1-2-3-4-6-11-15-12-17-13-16(15)14-9-7-5-8-10-14/h5,7-10,12-13H,1-4,6,11H2. The van der Waals surface area contributed by atoms with Crippen molar-refractivity contribution in [1.29, 1.82) is 0 Å². The van der Waals surface area contributed by atoms with Gasteiger partial charge >= 0.3 is 0 Å². The van der Waals surface area contributed by atoms with Crippen molar-refractivity contribution in [1.82, 2.24) is 0 Å². The van der Waals surface area contributed by atoms with Crippen LogP contribution >= 0.6 is 0 Å². The second-order valence-electron chi connectivity index (χ2n) is 4.34. The topological polar surface area (TPSA) is 13.1 Å². The van der Waals surface area contributed by atoms with Gasteiger partial charge in [-0.25, -0.2) is 0 Å². The first kappa shape index (κ1) is 12.0. The van der Waals surface area contributed by atoms with Crippen LogP contribution in [0, 0.1) is 6.92 Å². The summed E-state index contributed by atoms with van der Waals surface area (Å²) >= 11 is 0. The highest BCUT2D eigenvalue weighted by atomic mass is 16.3. The first-order valence-electron chi connectivity index (χ1n) is 6.31. The highest BCUT2D eigenvalue weighted by molar-refractivity contribution is 5.65. The van der Waals surface area contributed by atoms with Gasteiger partial charge in [-0.3, -0.25) is 0 Å². The Hall–Kier alpha value is -1.50. The zero-order chi connectivity index (χ0) is 11.9. The van der Waals surface area contributed by atoms with Crippen molar-refractivity contribution >= 4 is 0 Å². The van der Waals surface area contributed by atoms with E-state index in [1.807, 2.05) is 18.6 Å². The molecule has 0 aliphatic heterocycles. The molecule has 1 aromatic carbocycles. The third-order valence-corrected chi connectivity index (χ3v) is 3.02. The van der Waals surface area contributed by atoms with Crippen molar-refractivity contribution in [2.45, 2.75) is 32.1 Å². The third kappa shape index (κ3) is 3.23. The molecule has 0 atom stereocenters. The zero-order valence-electron chi connectivity index (χ0n) is 10.2. The number of benzene rings is 1. The van der Waals surface area contributed by atoms with Crippen LogP contribution in [0.4, 0.5) is 0 Å². The van der Waals surface area contributed by atoms with Crippen molar-refractivity contribution in [3.63, 3.8) is 0 Å². The molecule has 0 bridgehead atoms. The van der Waals surface area contributed by atoms with Gasteiger partial charge in [0.25, 0.3) is 0 Å². The van der Waals surface area contributed by atoms with Gasteiger partial charge in [-0.2, -0.15) is 0 Å². The molecule has 0 aliphatic carbocycles. The van der Waals surface area contributed by atoms with Gasteiger partial charge in [-0.05, 0) is 24.0 Å². The largest absolute Gasteiger partial charge is 0.472 e. The fourth-order valence-corrected chi connectivity index (χ4v) is 2.06. The summed E-state index contributed by atoms with van der Waals surface area (Å²) in [6.45, 7) is 3.87. The van der Waals surface area contributed by atoms with Gasteiger partial charge in [0.1, 0.15) is 0 Å². The summed E-state index contributed by atoms with van der Waals surface area (Å²) in [6, 6.07) is 10.4. The van der Waals surface area contributed by atoms with Crippen molar-refractivity contribution in [3.05, 3.63) is 55.3 Å². The molecule has 0 amide bonds. The minimum atomic E-state index is 1.04. The maximum Gasteiger partial charge on any atom is 0.0983 e. The summed E-state index contributed by atoms with van der Waals surface area (Å²) in [5.41, 5.74) is 3.80. The Labute approximate surface area is 103 Å². The predicted octanol–water partition coefficient (Wildman–Crippen LogP) is 4.88. The number of hydrogen-bond acceptors (Lipinski definition) is 1. The number of aryl methyl sites for hydroxylation is 1. The summed E-state index contributed by atoms with van der Waals surface area (Å²) in [7, 11) is 0. The maximum absolute atomic E-state index is 5.34. The first-order chi connectivity index (χ1) is 8.42. The molecular formula is C16H19O. The van der Waals surface area contributed by atoms with E-state index >= 15 is 0 Å². The minimum Gasteiger partial charge on any atom is -0.472 e. The first-order valence-corrected chi connectivity index (χ1v) is 6.31. The lowest BCUT2D eigenvalue weighted by Crippen LogP contribution is -1.86. The molecule has 0 saturated heterocycles. The molecule has 0 aliphatic rings. The summed E-state index contributed by atoms with van der Waals surface area (Å²) in [4.78, 5) is 0. The van der Waals surface area contributed by atoms with Crippen LogP contribution in [0.3, 0.4) is 0 Å². The Kier molecular flexibility index (Phi) is 4.43. The summed E-state index contributed by atoms with van der Waals surface area (Å²) < 4.78 is 5.34. The average molecular weight is 227 g/mol. The molecular weight excluding hydrogens is 208 g/mol. The Morgan fingerprint density at radius 2 is 1.76 bits per heavy atom. The van der Waals surface area contributed by atoms with Crippen LogP contribution < -0.4 is 0 Å². The number of rotatable bonds is 6. The Balaban J connectivity index is 2.02. The SMILES string of the molecule is [CH2]CCCCCc1cocc1-c1ccccc1. The quantitative estimate of drug-likeness (QED) is 0.641. The van der Waals surface area contributed by atoms with Crippen LogP contribution in [-0.4, -0.2) is 0 Å². The third-order valence-electron chi connectivity index (χ3n) is 3.02. The van der Waals surface area contributed by atoms with E-state index in [2.05, 4.69) is 31.2 Å². The molecule has 89 valence electrons. The molecule has 1 heterocycles. The lowest BCUT2D eigenvalue weighted by atomic mass is 10.0. The predicted molar refractivity (Wildman–Crippen MR) is 71.7 cm³/mol. The molecule has 0 fully saturated rings. The van der Waals surface area contributed by atoms with Crippen LogP contribution in [0.15, 0.2) is 47.3 Å². The average Bonchev–Trinajstić information content (AvgIpc) is 2.84. The Morgan fingerprint density at radius 3 is 2.53 bits per heavy atom. The normalized spacial score (nSPS) is 10.6. The fraction of sp³-hybridized carbons (Fsp3) is 0.312. The van der Waals surface area contributed by atoms with Gasteiger partial charge in [-0.1, -0.05) is 56.5 Å². The van der Waals surface area contributed by atoms with Gasteiger partial charge in [-0.15, -0.1) is 0 Å². The van der Waals surface area contributed by atoms with E-state index in [0.717, 1.165) is 12.8 Å². The molecule has 1 radical (unpaired) electrons. The van der Waals surface area contributed by atoms with E-state index < -0.39 is 0 Å². The van der Waals surface area contributed by atoms with Gasteiger partial charge in [0.05, 0.1) is 12.5 Å². The van der Waals surface area contributed by atoms with Crippen LogP contribution in [0.25, 0.3) is 11.1 Å². The number of furan rings is 1. The van der Waals surface area contributed by atoms with Gasteiger partial charge in [0, 0.05) is 5.56 Å². The highest BCUT2D eigenvalue weighted by Gasteiger charge is 2.06. The fourth-order valence-electron chi connectivity index (χ4n) is 2.06. The van der Waals surface area contributed by atoms with Crippen molar-refractivity contribution in [2.24, 2.45) is 0 Å². The van der Waals surface area contributed by atoms with Crippen molar-refractivity contribution in [3.8, 4) is 11.1 Å². The minimum absolute atomic E-state index is 1.04. The molecule has 0 spiro atoms. The van der Waals surface area contributed by atoms with E-state index in [4.69, 9.17) is 4.42 Å². The smallest absolute Gasteiger partial charge is 0.0983 e. The summed E-state index contributed by atoms with van der Waals surface area (Å²) in [5.74, 6) is 0. The van der Waals surface area contributed by atoms with Gasteiger partial charge in [0.2, 0.25) is 0 Å². The second kappa shape index (κ2) is 6.29. The molecule has 2 rings (SSSR count). The zero-order valence-corrected chi connectivity index (χ0v) is 10.2. The Morgan fingerprint density at radius 1 is 0.941 bits per heavy atom. The van der Waals surface area contributed by atoms with Crippen LogP contribution in [0.5, 0.6) is 0 Å². The molecule has 1 nitrogen and oxygen atoms in total. The molecule has 0 N–H and O–H groups in total. The molecule has 0 saturated carbocycles. The maximum atomic E-state index is 5.34. The lowest BCUT2D eigenvalue weighted by Gasteiger charge is -2.02. The molecule has 17 heavy (non-hydrogen) atoms. The van der Waals surface area contributed by atoms with Gasteiger partial charge in [0.15, 0.2) is 0 Å². The van der Waals surface area contributed by atoms with Crippen LogP contribution in [0.2, 0.25) is 0 Å². The monoisotopic (exact) mass is 227 g/mol. The van der Waals surface area contributed by atoms with E-state index in [1.165, 1.54) is 36.0 Å². The van der Waals surface area contributed by atoms with Gasteiger partial charge < -0.3 is 4.42 Å². The highest BCUT2D eigenvalue weighted by Crippen LogP contribution is 2.26. The summed E-state index contributed by atoms with van der Waals surface area (Å²) in [5, 5.41) is 0. The van der Waals surface area contributed by atoms with Crippen LogP contribution in [0.1, 0.15) is 31.2 Å². The number of hydrogen-bond donors (Lipinski definition) is 0. The van der Waals surface area contributed by atoms with E-state index in [0.29, 0.717) is 0 Å². The molecule has 1 aromatic heterocycles. The van der Waals surface area contributed by atoms with E-state index in [-0.39, 0.29) is 0 Å². The molecule has 0 unspecified atom stereocenters. The number of unbranched alkanes of at least 4 members (excludes halogenated alkanes) is 3. The van der Waals surface area contributed by atoms with E-state index in [9.17, 15) is 0 Å². The molecule has 2 aromatic rings. The van der Waals surface area contributed by atoms with E-state index in [1.54, 1.807) is 0 Å². The Bertz CT molecular complexity index is 428. The second-order valence-corrected chi connectivity index (χ2v) is 4.34. The van der Waals surface area contributed by atoms with Crippen LogP contribution in [-0.2, 0) is 6.42 Å². The lowest BCUT2D eigenvalue weighted by molar-refractivity contribution is 0.562.